The minimum Gasteiger partial charge on any atom is -0.306 e. The van der Waals surface area contributed by atoms with Gasteiger partial charge in [-0.05, 0) is 25.0 Å². The zero-order valence-corrected chi connectivity index (χ0v) is 10.2. The van der Waals surface area contributed by atoms with Crippen molar-refractivity contribution in [2.75, 3.05) is 5.43 Å². The molecule has 3 N–H and O–H groups in total. The molecule has 1 aromatic carbocycles. The first-order chi connectivity index (χ1) is 8.31. The largest absolute Gasteiger partial charge is 0.306 e. The standard InChI is InChI=1S/C12H15ClN4/c13-9-6-3-7-10-11(9)15-12(16-14)17(10)8-4-1-2-5-8/h3,6-8H,1-2,4-5,14H2,(H,15,16). The molecule has 1 aliphatic carbocycles. The number of aromatic nitrogens is 2. The van der Waals surface area contributed by atoms with E-state index in [2.05, 4.69) is 15.0 Å². The molecule has 0 atom stereocenters. The smallest absolute Gasteiger partial charge is 0.218 e. The molecule has 0 amide bonds. The number of nitrogen functional groups attached to an aromatic ring is 1. The van der Waals surface area contributed by atoms with Gasteiger partial charge in [0.15, 0.2) is 0 Å². The number of hydrogen-bond acceptors (Lipinski definition) is 3. The van der Waals surface area contributed by atoms with Crippen molar-refractivity contribution in [3.05, 3.63) is 23.2 Å². The Morgan fingerprint density at radius 3 is 2.82 bits per heavy atom. The van der Waals surface area contributed by atoms with Gasteiger partial charge in [-0.2, -0.15) is 0 Å². The van der Waals surface area contributed by atoms with Crippen LogP contribution >= 0.6 is 11.6 Å². The minimum absolute atomic E-state index is 0.490. The molecule has 0 aliphatic heterocycles. The maximum atomic E-state index is 6.16. The fourth-order valence-corrected chi connectivity index (χ4v) is 2.93. The van der Waals surface area contributed by atoms with Crippen LogP contribution in [-0.4, -0.2) is 9.55 Å². The van der Waals surface area contributed by atoms with Crippen LogP contribution in [0.15, 0.2) is 18.2 Å². The number of hydrogen-bond donors (Lipinski definition) is 2. The molecule has 2 aromatic rings. The van der Waals surface area contributed by atoms with Crippen LogP contribution < -0.4 is 11.3 Å². The van der Waals surface area contributed by atoms with Gasteiger partial charge in [0, 0.05) is 6.04 Å². The zero-order chi connectivity index (χ0) is 11.8. The molecule has 1 aromatic heterocycles. The molecule has 4 nitrogen and oxygen atoms in total. The van der Waals surface area contributed by atoms with Crippen LogP contribution in [0.4, 0.5) is 5.95 Å². The Morgan fingerprint density at radius 2 is 2.12 bits per heavy atom. The summed E-state index contributed by atoms with van der Waals surface area (Å²) < 4.78 is 2.19. The second kappa shape index (κ2) is 4.20. The summed E-state index contributed by atoms with van der Waals surface area (Å²) >= 11 is 6.16. The molecule has 0 bridgehead atoms. The summed E-state index contributed by atoms with van der Waals surface area (Å²) in [7, 11) is 0. The molecule has 90 valence electrons. The Balaban J connectivity index is 2.22. The van der Waals surface area contributed by atoms with E-state index in [-0.39, 0.29) is 0 Å². The highest BCUT2D eigenvalue weighted by molar-refractivity contribution is 6.35. The second-order valence-electron chi connectivity index (χ2n) is 4.50. The van der Waals surface area contributed by atoms with Crippen LogP contribution in [0.1, 0.15) is 31.7 Å². The van der Waals surface area contributed by atoms with Crippen molar-refractivity contribution in [3.63, 3.8) is 0 Å². The Bertz CT molecular complexity index is 543. The van der Waals surface area contributed by atoms with Gasteiger partial charge >= 0.3 is 0 Å². The van der Waals surface area contributed by atoms with Gasteiger partial charge in [0.05, 0.1) is 10.5 Å². The number of para-hydroxylation sites is 1. The van der Waals surface area contributed by atoms with Crippen LogP contribution in [-0.2, 0) is 0 Å². The monoisotopic (exact) mass is 250 g/mol. The molecule has 5 heteroatoms. The van der Waals surface area contributed by atoms with Crippen molar-refractivity contribution >= 4 is 28.6 Å². The lowest BCUT2D eigenvalue weighted by molar-refractivity contribution is 0.537. The lowest BCUT2D eigenvalue weighted by Crippen LogP contribution is -2.15. The lowest BCUT2D eigenvalue weighted by Gasteiger charge is -2.15. The van der Waals surface area contributed by atoms with Crippen molar-refractivity contribution < 1.29 is 0 Å². The fraction of sp³-hybridized carbons (Fsp3) is 0.417. The number of nitrogens with two attached hydrogens (primary N) is 1. The molecule has 0 unspecified atom stereocenters. The highest BCUT2D eigenvalue weighted by atomic mass is 35.5. The summed E-state index contributed by atoms with van der Waals surface area (Å²) in [5.74, 6) is 6.26. The summed E-state index contributed by atoms with van der Waals surface area (Å²) in [6, 6.07) is 6.35. The third kappa shape index (κ3) is 1.68. The van der Waals surface area contributed by atoms with E-state index in [4.69, 9.17) is 17.4 Å². The van der Waals surface area contributed by atoms with Crippen LogP contribution in [0.2, 0.25) is 5.02 Å². The summed E-state index contributed by atoms with van der Waals surface area (Å²) in [5.41, 5.74) is 4.58. The molecule has 17 heavy (non-hydrogen) atoms. The Hall–Kier alpha value is -1.26. The topological polar surface area (TPSA) is 55.9 Å². The zero-order valence-electron chi connectivity index (χ0n) is 9.49. The summed E-state index contributed by atoms with van der Waals surface area (Å²) in [6.45, 7) is 0. The first-order valence-electron chi connectivity index (χ1n) is 5.94. The third-order valence-corrected chi connectivity index (χ3v) is 3.79. The number of nitrogens with zero attached hydrogens (tertiary/aromatic N) is 2. The minimum atomic E-state index is 0.490. The average Bonchev–Trinajstić information content (AvgIpc) is 2.94. The second-order valence-corrected chi connectivity index (χ2v) is 4.90. The number of hydrazine groups is 1. The number of benzene rings is 1. The maximum absolute atomic E-state index is 6.16. The Morgan fingerprint density at radius 1 is 1.35 bits per heavy atom. The van der Waals surface area contributed by atoms with E-state index in [0.717, 1.165) is 11.0 Å². The molecule has 0 radical (unpaired) electrons. The van der Waals surface area contributed by atoms with Gasteiger partial charge in [-0.15, -0.1) is 0 Å². The average molecular weight is 251 g/mol. The van der Waals surface area contributed by atoms with Gasteiger partial charge in [0.2, 0.25) is 5.95 Å². The number of imidazole rings is 1. The molecule has 1 saturated carbocycles. The maximum Gasteiger partial charge on any atom is 0.218 e. The van der Waals surface area contributed by atoms with Gasteiger partial charge in [-0.1, -0.05) is 30.5 Å². The van der Waals surface area contributed by atoms with Gasteiger partial charge in [-0.3, -0.25) is 5.43 Å². The predicted octanol–water partition coefficient (Wildman–Crippen LogP) is 3.09. The van der Waals surface area contributed by atoms with Crippen LogP contribution in [0, 0.1) is 0 Å². The van der Waals surface area contributed by atoms with Gasteiger partial charge in [-0.25, -0.2) is 10.8 Å². The summed E-state index contributed by atoms with van der Waals surface area (Å²) in [5, 5.41) is 0.677. The Kier molecular flexibility index (Phi) is 2.68. The first kappa shape index (κ1) is 10.9. The van der Waals surface area contributed by atoms with Gasteiger partial charge in [0.25, 0.3) is 0 Å². The molecule has 0 spiro atoms. The van der Waals surface area contributed by atoms with E-state index in [0.29, 0.717) is 17.0 Å². The Labute approximate surface area is 105 Å². The van der Waals surface area contributed by atoms with Crippen molar-refractivity contribution in [3.8, 4) is 0 Å². The van der Waals surface area contributed by atoms with Crippen LogP contribution in [0.25, 0.3) is 11.0 Å². The number of halogens is 1. The van der Waals surface area contributed by atoms with E-state index in [1.54, 1.807) is 0 Å². The van der Waals surface area contributed by atoms with Crippen molar-refractivity contribution in [2.45, 2.75) is 31.7 Å². The van der Waals surface area contributed by atoms with E-state index < -0.39 is 0 Å². The SMILES string of the molecule is NNc1nc2c(Cl)cccc2n1C1CCCC1. The first-order valence-corrected chi connectivity index (χ1v) is 6.32. The number of fused-ring (bicyclic) bond motifs is 1. The molecule has 1 heterocycles. The summed E-state index contributed by atoms with van der Waals surface area (Å²) in [6.07, 6.45) is 4.92. The van der Waals surface area contributed by atoms with Gasteiger partial charge in [0.1, 0.15) is 5.52 Å². The molecule has 1 fully saturated rings. The number of rotatable bonds is 2. The third-order valence-electron chi connectivity index (χ3n) is 3.49. The quantitative estimate of drug-likeness (QED) is 0.636. The van der Waals surface area contributed by atoms with Gasteiger partial charge < -0.3 is 4.57 Å². The van der Waals surface area contributed by atoms with Crippen molar-refractivity contribution in [1.82, 2.24) is 9.55 Å². The molecule has 1 aliphatic rings. The molecule has 0 saturated heterocycles. The lowest BCUT2D eigenvalue weighted by atomic mass is 10.2. The van der Waals surface area contributed by atoms with E-state index >= 15 is 0 Å². The molecular weight excluding hydrogens is 236 g/mol. The van der Waals surface area contributed by atoms with Crippen molar-refractivity contribution in [2.24, 2.45) is 5.84 Å². The van der Waals surface area contributed by atoms with E-state index in [1.807, 2.05) is 18.2 Å². The van der Waals surface area contributed by atoms with Crippen molar-refractivity contribution in [1.29, 1.82) is 0 Å². The van der Waals surface area contributed by atoms with E-state index in [9.17, 15) is 0 Å². The number of anilines is 1. The predicted molar refractivity (Wildman–Crippen MR) is 70.1 cm³/mol. The molecule has 3 rings (SSSR count). The highest BCUT2D eigenvalue weighted by Gasteiger charge is 2.22. The highest BCUT2D eigenvalue weighted by Crippen LogP contribution is 2.36. The van der Waals surface area contributed by atoms with Crippen LogP contribution in [0.5, 0.6) is 0 Å². The van der Waals surface area contributed by atoms with Crippen LogP contribution in [0.3, 0.4) is 0 Å². The fourth-order valence-electron chi connectivity index (χ4n) is 2.72. The normalized spacial score (nSPS) is 16.8. The summed E-state index contributed by atoms with van der Waals surface area (Å²) in [4.78, 5) is 4.47. The number of nitrogens with one attached hydrogen (secondary N) is 1. The van der Waals surface area contributed by atoms with E-state index in [1.165, 1.54) is 25.7 Å². The molecular formula is C12H15ClN4.